The summed E-state index contributed by atoms with van der Waals surface area (Å²) in [7, 11) is 1.48. The molecular formula is C17H19N3O4. The van der Waals surface area contributed by atoms with E-state index >= 15 is 0 Å². The van der Waals surface area contributed by atoms with Crippen LogP contribution in [0.15, 0.2) is 48.7 Å². The van der Waals surface area contributed by atoms with E-state index in [0.29, 0.717) is 18.0 Å². The maximum atomic E-state index is 12.0. The number of amides is 2. The number of hydrogen-bond acceptors (Lipinski definition) is 5. The van der Waals surface area contributed by atoms with E-state index in [0.717, 1.165) is 5.56 Å². The number of pyridine rings is 1. The maximum Gasteiger partial charge on any atom is 0.313 e. The Morgan fingerprint density at radius 1 is 1.17 bits per heavy atom. The highest BCUT2D eigenvalue weighted by Gasteiger charge is 2.18. The lowest BCUT2D eigenvalue weighted by atomic mass is 10.1. The summed E-state index contributed by atoms with van der Waals surface area (Å²) in [4.78, 5) is 27.8. The summed E-state index contributed by atoms with van der Waals surface area (Å²) in [6.07, 6.45) is 1.82. The zero-order valence-corrected chi connectivity index (χ0v) is 13.2. The molecule has 1 aromatic heterocycles. The lowest BCUT2D eigenvalue weighted by molar-refractivity contribution is -0.136. The van der Waals surface area contributed by atoms with Crippen molar-refractivity contribution in [3.8, 4) is 5.88 Å². The molecule has 7 nitrogen and oxygen atoms in total. The van der Waals surface area contributed by atoms with E-state index in [4.69, 9.17) is 4.74 Å². The van der Waals surface area contributed by atoms with Crippen LogP contribution in [0.5, 0.6) is 5.88 Å². The van der Waals surface area contributed by atoms with Crippen LogP contribution in [-0.2, 0) is 16.0 Å². The third-order valence-corrected chi connectivity index (χ3v) is 3.29. The predicted octanol–water partition coefficient (Wildman–Crippen LogP) is 0.748. The van der Waals surface area contributed by atoms with Gasteiger partial charge in [-0.25, -0.2) is 4.98 Å². The van der Waals surface area contributed by atoms with Gasteiger partial charge in [0.1, 0.15) is 0 Å². The topological polar surface area (TPSA) is 101 Å². The molecule has 0 fully saturated rings. The normalized spacial score (nSPS) is 11.4. The number of aromatic nitrogens is 1. The Hall–Kier alpha value is -2.93. The lowest BCUT2D eigenvalue weighted by Gasteiger charge is -2.16. The third-order valence-electron chi connectivity index (χ3n) is 3.29. The molecule has 0 aliphatic rings. The monoisotopic (exact) mass is 329 g/mol. The molecule has 2 rings (SSSR count). The molecule has 1 atom stereocenters. The fraction of sp³-hybridized carbons (Fsp3) is 0.235. The summed E-state index contributed by atoms with van der Waals surface area (Å²) in [5.41, 5.74) is 1.33. The minimum Gasteiger partial charge on any atom is -0.481 e. The Labute approximate surface area is 139 Å². The number of carbonyl (C=O) groups excluding carboxylic acids is 2. The average molecular weight is 329 g/mol. The smallest absolute Gasteiger partial charge is 0.313 e. The first kappa shape index (κ1) is 17.4. The molecule has 24 heavy (non-hydrogen) atoms. The number of carbonyl (C=O) groups is 2. The molecule has 0 saturated carbocycles. The fourth-order valence-electron chi connectivity index (χ4n) is 2.07. The van der Waals surface area contributed by atoms with Gasteiger partial charge in [-0.15, -0.1) is 0 Å². The Morgan fingerprint density at radius 3 is 2.50 bits per heavy atom. The second-order valence-corrected chi connectivity index (χ2v) is 5.09. The van der Waals surface area contributed by atoms with Gasteiger partial charge in [0.2, 0.25) is 5.88 Å². The van der Waals surface area contributed by atoms with Gasteiger partial charge in [0, 0.05) is 6.07 Å². The highest BCUT2D eigenvalue weighted by atomic mass is 16.5. The Bertz CT molecular complexity index is 674. The molecule has 0 aliphatic carbocycles. The SMILES string of the molecule is COc1ccc(NC(=O)C(=O)NC(CO)Cc2ccccc2)cn1. The molecule has 126 valence electrons. The zero-order chi connectivity index (χ0) is 17.4. The number of hydrogen-bond donors (Lipinski definition) is 3. The van der Waals surface area contributed by atoms with Gasteiger partial charge in [-0.1, -0.05) is 30.3 Å². The van der Waals surface area contributed by atoms with Gasteiger partial charge in [0.25, 0.3) is 0 Å². The first-order valence-corrected chi connectivity index (χ1v) is 7.39. The van der Waals surface area contributed by atoms with E-state index in [9.17, 15) is 14.7 Å². The van der Waals surface area contributed by atoms with Crippen LogP contribution in [0.3, 0.4) is 0 Å². The summed E-state index contributed by atoms with van der Waals surface area (Å²) >= 11 is 0. The summed E-state index contributed by atoms with van der Waals surface area (Å²) < 4.78 is 4.91. The fourth-order valence-corrected chi connectivity index (χ4v) is 2.07. The van der Waals surface area contributed by atoms with Crippen LogP contribution in [-0.4, -0.2) is 41.7 Å². The predicted molar refractivity (Wildman–Crippen MR) is 88.6 cm³/mol. The zero-order valence-electron chi connectivity index (χ0n) is 13.2. The van der Waals surface area contributed by atoms with E-state index in [1.54, 1.807) is 12.1 Å². The van der Waals surface area contributed by atoms with Gasteiger partial charge >= 0.3 is 11.8 Å². The Kier molecular flexibility index (Phi) is 6.27. The average Bonchev–Trinajstić information content (AvgIpc) is 2.62. The molecule has 0 spiro atoms. The van der Waals surface area contributed by atoms with Crippen LogP contribution in [0.4, 0.5) is 5.69 Å². The number of aliphatic hydroxyl groups excluding tert-OH is 1. The van der Waals surface area contributed by atoms with Crippen LogP contribution < -0.4 is 15.4 Å². The third kappa shape index (κ3) is 5.06. The van der Waals surface area contributed by atoms with Crippen LogP contribution in [0.25, 0.3) is 0 Å². The van der Waals surface area contributed by atoms with Gasteiger partial charge in [0.05, 0.1) is 31.6 Å². The summed E-state index contributed by atoms with van der Waals surface area (Å²) in [6, 6.07) is 12.0. The molecule has 0 radical (unpaired) electrons. The number of ether oxygens (including phenoxy) is 1. The number of nitrogens with one attached hydrogen (secondary N) is 2. The molecule has 1 unspecified atom stereocenters. The van der Waals surface area contributed by atoms with Crippen molar-refractivity contribution in [2.75, 3.05) is 19.0 Å². The molecular weight excluding hydrogens is 310 g/mol. The molecule has 0 aliphatic heterocycles. The van der Waals surface area contributed by atoms with Crippen LogP contribution in [0, 0.1) is 0 Å². The van der Waals surface area contributed by atoms with Crippen molar-refractivity contribution in [2.24, 2.45) is 0 Å². The molecule has 7 heteroatoms. The maximum absolute atomic E-state index is 12.0. The van der Waals surface area contributed by atoms with Crippen molar-refractivity contribution in [3.63, 3.8) is 0 Å². The van der Waals surface area contributed by atoms with Gasteiger partial charge < -0.3 is 20.5 Å². The van der Waals surface area contributed by atoms with E-state index < -0.39 is 17.9 Å². The second-order valence-electron chi connectivity index (χ2n) is 5.09. The Morgan fingerprint density at radius 2 is 1.92 bits per heavy atom. The number of benzene rings is 1. The highest BCUT2D eigenvalue weighted by molar-refractivity contribution is 6.39. The van der Waals surface area contributed by atoms with Crippen molar-refractivity contribution in [1.29, 1.82) is 0 Å². The van der Waals surface area contributed by atoms with Crippen molar-refractivity contribution in [2.45, 2.75) is 12.5 Å². The first-order valence-electron chi connectivity index (χ1n) is 7.39. The van der Waals surface area contributed by atoms with Crippen LogP contribution in [0.1, 0.15) is 5.56 Å². The van der Waals surface area contributed by atoms with E-state index in [2.05, 4.69) is 15.6 Å². The van der Waals surface area contributed by atoms with Gasteiger partial charge in [-0.3, -0.25) is 9.59 Å². The van der Waals surface area contributed by atoms with Crippen molar-refractivity contribution in [1.82, 2.24) is 10.3 Å². The molecule has 2 aromatic rings. The number of aliphatic hydroxyl groups is 1. The van der Waals surface area contributed by atoms with E-state index in [-0.39, 0.29) is 6.61 Å². The van der Waals surface area contributed by atoms with Gasteiger partial charge in [-0.05, 0) is 18.1 Å². The van der Waals surface area contributed by atoms with Crippen molar-refractivity contribution < 1.29 is 19.4 Å². The molecule has 0 bridgehead atoms. The highest BCUT2D eigenvalue weighted by Crippen LogP contribution is 2.10. The molecule has 3 N–H and O–H groups in total. The number of methoxy groups -OCH3 is 1. The molecule has 1 aromatic carbocycles. The van der Waals surface area contributed by atoms with Crippen LogP contribution >= 0.6 is 0 Å². The molecule has 2 amide bonds. The number of nitrogens with zero attached hydrogens (tertiary/aromatic N) is 1. The van der Waals surface area contributed by atoms with Crippen LogP contribution in [0.2, 0.25) is 0 Å². The standard InChI is InChI=1S/C17H19N3O4/c1-24-15-8-7-13(10-18-15)19-16(22)17(23)20-14(11-21)9-12-5-3-2-4-6-12/h2-8,10,14,21H,9,11H2,1H3,(H,19,22)(H,20,23). The van der Waals surface area contributed by atoms with E-state index in [1.165, 1.54) is 13.3 Å². The first-order chi connectivity index (χ1) is 11.6. The molecule has 1 heterocycles. The van der Waals surface area contributed by atoms with Gasteiger partial charge in [0.15, 0.2) is 0 Å². The number of anilines is 1. The minimum atomic E-state index is -0.825. The number of rotatable bonds is 6. The summed E-state index contributed by atoms with van der Waals surface area (Å²) in [5.74, 6) is -1.24. The summed E-state index contributed by atoms with van der Waals surface area (Å²) in [5, 5.41) is 14.3. The lowest BCUT2D eigenvalue weighted by Crippen LogP contribution is -2.44. The van der Waals surface area contributed by atoms with Crippen molar-refractivity contribution in [3.05, 3.63) is 54.2 Å². The van der Waals surface area contributed by atoms with Gasteiger partial charge in [-0.2, -0.15) is 0 Å². The largest absolute Gasteiger partial charge is 0.481 e. The summed E-state index contributed by atoms with van der Waals surface area (Å²) in [6.45, 7) is -0.266. The van der Waals surface area contributed by atoms with E-state index in [1.807, 2.05) is 30.3 Å². The minimum absolute atomic E-state index is 0.266. The Balaban J connectivity index is 1.90. The van der Waals surface area contributed by atoms with Crippen molar-refractivity contribution >= 4 is 17.5 Å². The molecule has 0 saturated heterocycles. The quantitative estimate of drug-likeness (QED) is 0.679. The second kappa shape index (κ2) is 8.64.